The molecule has 0 saturated carbocycles. The van der Waals surface area contributed by atoms with E-state index >= 15 is 0 Å². The van der Waals surface area contributed by atoms with E-state index in [9.17, 15) is 14.4 Å². The van der Waals surface area contributed by atoms with Gasteiger partial charge in [0.2, 0.25) is 11.8 Å². The van der Waals surface area contributed by atoms with Crippen LogP contribution in [0.5, 0.6) is 0 Å². The largest absolute Gasteiger partial charge is 0.339 e. The molecule has 1 atom stereocenters. The third-order valence-corrected chi connectivity index (χ3v) is 6.37. The molecule has 2 saturated heterocycles. The van der Waals surface area contributed by atoms with Crippen LogP contribution in [-0.4, -0.2) is 65.1 Å². The van der Waals surface area contributed by atoms with Gasteiger partial charge in [-0.25, -0.2) is 0 Å². The molecule has 3 amide bonds. The minimum atomic E-state index is -0.316. The van der Waals surface area contributed by atoms with Crippen molar-refractivity contribution in [1.29, 1.82) is 0 Å². The number of aryl methyl sites for hydroxylation is 1. The molecule has 1 unspecified atom stereocenters. The number of hydrogen-bond acceptors (Lipinski definition) is 3. The molecule has 0 bridgehead atoms. The zero-order valence-corrected chi connectivity index (χ0v) is 18.3. The third kappa shape index (κ3) is 4.74. The second-order valence-electron chi connectivity index (χ2n) is 8.26. The molecule has 6 nitrogen and oxygen atoms in total. The first-order valence-corrected chi connectivity index (χ1v) is 11.0. The molecule has 0 spiro atoms. The van der Waals surface area contributed by atoms with Crippen LogP contribution >= 0.6 is 11.6 Å². The molecule has 2 aromatic rings. The molecule has 0 aliphatic carbocycles. The van der Waals surface area contributed by atoms with Crippen molar-refractivity contribution in [2.24, 2.45) is 5.92 Å². The molecule has 7 heteroatoms. The van der Waals surface area contributed by atoms with Crippen LogP contribution in [0.25, 0.3) is 0 Å². The molecule has 162 valence electrons. The number of carbonyl (C=O) groups excluding carboxylic acids is 3. The number of piperazine rings is 1. The second kappa shape index (κ2) is 9.10. The van der Waals surface area contributed by atoms with Crippen LogP contribution in [0.4, 0.5) is 0 Å². The summed E-state index contributed by atoms with van der Waals surface area (Å²) in [4.78, 5) is 43.5. The predicted octanol–water partition coefficient (Wildman–Crippen LogP) is 2.98. The van der Waals surface area contributed by atoms with Crippen molar-refractivity contribution in [2.45, 2.75) is 19.9 Å². The Morgan fingerprint density at radius 3 is 2.29 bits per heavy atom. The van der Waals surface area contributed by atoms with Crippen LogP contribution in [0.1, 0.15) is 27.9 Å². The summed E-state index contributed by atoms with van der Waals surface area (Å²) in [6, 6.07) is 15.1. The topological polar surface area (TPSA) is 60.9 Å². The van der Waals surface area contributed by atoms with Crippen molar-refractivity contribution < 1.29 is 14.4 Å². The van der Waals surface area contributed by atoms with E-state index in [2.05, 4.69) is 0 Å². The summed E-state index contributed by atoms with van der Waals surface area (Å²) >= 11 is 6.15. The lowest BCUT2D eigenvalue weighted by molar-refractivity contribution is -0.137. The van der Waals surface area contributed by atoms with Gasteiger partial charge in [-0.1, -0.05) is 53.6 Å². The quantitative estimate of drug-likeness (QED) is 0.735. The van der Waals surface area contributed by atoms with Crippen molar-refractivity contribution >= 4 is 29.3 Å². The normalized spacial score (nSPS) is 19.1. The van der Waals surface area contributed by atoms with E-state index in [0.717, 1.165) is 5.56 Å². The molecular formula is C24H26ClN3O3. The minimum Gasteiger partial charge on any atom is -0.339 e. The van der Waals surface area contributed by atoms with Crippen LogP contribution < -0.4 is 0 Å². The average molecular weight is 440 g/mol. The summed E-state index contributed by atoms with van der Waals surface area (Å²) < 4.78 is 0. The molecule has 0 radical (unpaired) electrons. The van der Waals surface area contributed by atoms with Gasteiger partial charge < -0.3 is 14.7 Å². The van der Waals surface area contributed by atoms with Gasteiger partial charge in [0.05, 0.1) is 16.5 Å². The average Bonchev–Trinajstić information content (AvgIpc) is 3.15. The van der Waals surface area contributed by atoms with Crippen molar-refractivity contribution in [3.63, 3.8) is 0 Å². The summed E-state index contributed by atoms with van der Waals surface area (Å²) in [5.74, 6) is -0.405. The molecule has 0 N–H and O–H groups in total. The van der Waals surface area contributed by atoms with E-state index in [1.165, 1.54) is 5.56 Å². The predicted molar refractivity (Wildman–Crippen MR) is 119 cm³/mol. The Morgan fingerprint density at radius 1 is 0.968 bits per heavy atom. The number of hydrogen-bond donors (Lipinski definition) is 0. The molecule has 4 rings (SSSR count). The standard InChI is InChI=1S/C24H26ClN3O3/c1-17-6-8-18(9-7-17)15-28-16-19(14-22(28)29)23(30)26-10-12-27(13-11-26)24(31)20-4-2-3-5-21(20)25/h2-9,19H,10-16H2,1H3. The van der Waals surface area contributed by atoms with E-state index in [4.69, 9.17) is 11.6 Å². The first kappa shape index (κ1) is 21.4. The van der Waals surface area contributed by atoms with Crippen LogP contribution in [-0.2, 0) is 16.1 Å². The monoisotopic (exact) mass is 439 g/mol. The van der Waals surface area contributed by atoms with Crippen molar-refractivity contribution in [1.82, 2.24) is 14.7 Å². The van der Waals surface area contributed by atoms with Crippen molar-refractivity contribution in [3.8, 4) is 0 Å². The number of likely N-dealkylation sites (tertiary alicyclic amines) is 1. The molecule has 2 fully saturated rings. The lowest BCUT2D eigenvalue weighted by Gasteiger charge is -2.36. The fraction of sp³-hybridized carbons (Fsp3) is 0.375. The smallest absolute Gasteiger partial charge is 0.255 e. The number of benzene rings is 2. The Balaban J connectivity index is 1.31. The molecule has 0 aromatic heterocycles. The van der Waals surface area contributed by atoms with E-state index in [0.29, 0.717) is 49.9 Å². The number of nitrogens with zero attached hydrogens (tertiary/aromatic N) is 3. The highest BCUT2D eigenvalue weighted by molar-refractivity contribution is 6.33. The summed E-state index contributed by atoms with van der Waals surface area (Å²) in [5.41, 5.74) is 2.73. The molecule has 2 aliphatic rings. The summed E-state index contributed by atoms with van der Waals surface area (Å²) in [6.45, 7) is 4.87. The highest BCUT2D eigenvalue weighted by atomic mass is 35.5. The zero-order valence-electron chi connectivity index (χ0n) is 17.6. The van der Waals surface area contributed by atoms with E-state index in [1.807, 2.05) is 31.2 Å². The second-order valence-corrected chi connectivity index (χ2v) is 8.67. The zero-order chi connectivity index (χ0) is 22.0. The molecular weight excluding hydrogens is 414 g/mol. The summed E-state index contributed by atoms with van der Waals surface area (Å²) in [6.07, 6.45) is 0.253. The van der Waals surface area contributed by atoms with Gasteiger partial charge in [0, 0.05) is 45.7 Å². The van der Waals surface area contributed by atoms with E-state index in [1.54, 1.807) is 39.0 Å². The maximum absolute atomic E-state index is 13.0. The molecule has 2 aliphatic heterocycles. The molecule has 2 aromatic carbocycles. The highest BCUT2D eigenvalue weighted by Crippen LogP contribution is 2.24. The van der Waals surface area contributed by atoms with E-state index < -0.39 is 0 Å². The number of halogens is 1. The van der Waals surface area contributed by atoms with Crippen molar-refractivity contribution in [2.75, 3.05) is 32.7 Å². The van der Waals surface area contributed by atoms with Gasteiger partial charge in [-0.2, -0.15) is 0 Å². The number of amides is 3. The highest BCUT2D eigenvalue weighted by Gasteiger charge is 2.37. The van der Waals surface area contributed by atoms with E-state index in [-0.39, 0.29) is 30.1 Å². The lowest BCUT2D eigenvalue weighted by atomic mass is 10.1. The van der Waals surface area contributed by atoms with Crippen LogP contribution in [0, 0.1) is 12.8 Å². The van der Waals surface area contributed by atoms with Gasteiger partial charge in [-0.3, -0.25) is 14.4 Å². The van der Waals surface area contributed by atoms with Gasteiger partial charge in [-0.05, 0) is 24.6 Å². The van der Waals surface area contributed by atoms with Gasteiger partial charge in [0.1, 0.15) is 0 Å². The number of rotatable bonds is 4. The minimum absolute atomic E-state index is 0.00426. The van der Waals surface area contributed by atoms with Gasteiger partial charge in [0.15, 0.2) is 0 Å². The lowest BCUT2D eigenvalue weighted by Crippen LogP contribution is -2.52. The Morgan fingerprint density at radius 2 is 1.61 bits per heavy atom. The first-order chi connectivity index (χ1) is 14.9. The van der Waals surface area contributed by atoms with Gasteiger partial charge >= 0.3 is 0 Å². The van der Waals surface area contributed by atoms with Crippen LogP contribution in [0.3, 0.4) is 0 Å². The number of carbonyl (C=O) groups is 3. The van der Waals surface area contributed by atoms with Crippen molar-refractivity contribution in [3.05, 3.63) is 70.2 Å². The molecule has 31 heavy (non-hydrogen) atoms. The first-order valence-electron chi connectivity index (χ1n) is 10.6. The Kier molecular flexibility index (Phi) is 6.28. The maximum atomic E-state index is 13.0. The van der Waals surface area contributed by atoms with Crippen LogP contribution in [0.2, 0.25) is 5.02 Å². The van der Waals surface area contributed by atoms with Gasteiger partial charge in [0.25, 0.3) is 5.91 Å². The third-order valence-electron chi connectivity index (χ3n) is 6.04. The SMILES string of the molecule is Cc1ccc(CN2CC(C(=O)N3CCN(C(=O)c4ccccc4Cl)CC3)CC2=O)cc1. The summed E-state index contributed by atoms with van der Waals surface area (Å²) in [5, 5.41) is 0.434. The fourth-order valence-electron chi connectivity index (χ4n) is 4.20. The Labute approximate surface area is 187 Å². The Bertz CT molecular complexity index is 984. The fourth-order valence-corrected chi connectivity index (χ4v) is 4.41. The molecule has 2 heterocycles. The maximum Gasteiger partial charge on any atom is 0.255 e. The van der Waals surface area contributed by atoms with Gasteiger partial charge in [-0.15, -0.1) is 0 Å². The van der Waals surface area contributed by atoms with Crippen LogP contribution in [0.15, 0.2) is 48.5 Å². The summed E-state index contributed by atoms with van der Waals surface area (Å²) in [7, 11) is 0. The Hall–Kier alpha value is -2.86.